The molecule has 104 valence electrons. The van der Waals surface area contributed by atoms with E-state index in [0.29, 0.717) is 12.0 Å². The molecule has 3 N–H and O–H groups in total. The van der Waals surface area contributed by atoms with Gasteiger partial charge in [0.25, 0.3) is 0 Å². The lowest BCUT2D eigenvalue weighted by molar-refractivity contribution is -0.127. The van der Waals surface area contributed by atoms with E-state index in [2.05, 4.69) is 12.2 Å². The standard InChI is InChI=1S/C14H26N2O2/c1-10(11-6-8-18-9-7-11)16-14(17)12-2-4-13(15)5-3-12/h10-13H,2-9,15H2,1H3,(H,16,17). The largest absolute Gasteiger partial charge is 0.381 e. The van der Waals surface area contributed by atoms with Crippen LogP contribution in [-0.4, -0.2) is 31.2 Å². The Bertz CT molecular complexity index is 269. The minimum atomic E-state index is 0.187. The summed E-state index contributed by atoms with van der Waals surface area (Å²) in [6, 6.07) is 0.582. The molecular weight excluding hydrogens is 228 g/mol. The van der Waals surface area contributed by atoms with Crippen molar-refractivity contribution in [3.05, 3.63) is 0 Å². The van der Waals surface area contributed by atoms with Crippen molar-refractivity contribution in [1.82, 2.24) is 5.32 Å². The normalized spacial score (nSPS) is 31.9. The fourth-order valence-electron chi connectivity index (χ4n) is 3.06. The summed E-state index contributed by atoms with van der Waals surface area (Å²) < 4.78 is 5.36. The molecule has 2 aliphatic rings. The molecule has 0 aromatic heterocycles. The molecule has 0 bridgehead atoms. The molecule has 1 aliphatic carbocycles. The van der Waals surface area contributed by atoms with Crippen molar-refractivity contribution >= 4 is 5.91 Å². The van der Waals surface area contributed by atoms with Crippen LogP contribution in [0.15, 0.2) is 0 Å². The highest BCUT2D eigenvalue weighted by Gasteiger charge is 2.27. The molecule has 0 radical (unpaired) electrons. The Morgan fingerprint density at radius 2 is 1.78 bits per heavy atom. The summed E-state index contributed by atoms with van der Waals surface area (Å²) in [5.74, 6) is 1.00. The van der Waals surface area contributed by atoms with Gasteiger partial charge in [-0.05, 0) is 51.4 Å². The monoisotopic (exact) mass is 254 g/mol. The van der Waals surface area contributed by atoms with Crippen LogP contribution in [0, 0.1) is 11.8 Å². The van der Waals surface area contributed by atoms with Crippen LogP contribution in [0.25, 0.3) is 0 Å². The van der Waals surface area contributed by atoms with Crippen LogP contribution < -0.4 is 11.1 Å². The molecule has 1 atom stereocenters. The number of hydrogen-bond acceptors (Lipinski definition) is 3. The SMILES string of the molecule is CC(NC(=O)C1CCC(N)CC1)C1CCOCC1. The van der Waals surface area contributed by atoms with Gasteiger partial charge in [-0.2, -0.15) is 0 Å². The molecule has 1 amide bonds. The van der Waals surface area contributed by atoms with E-state index >= 15 is 0 Å². The summed E-state index contributed by atoms with van der Waals surface area (Å²) in [6.45, 7) is 3.80. The fourth-order valence-corrected chi connectivity index (χ4v) is 3.06. The average Bonchev–Trinajstić information content (AvgIpc) is 2.40. The highest BCUT2D eigenvalue weighted by Crippen LogP contribution is 2.24. The third kappa shape index (κ3) is 3.69. The molecule has 4 heteroatoms. The number of carbonyl (C=O) groups is 1. The van der Waals surface area contributed by atoms with Crippen LogP contribution in [0.5, 0.6) is 0 Å². The van der Waals surface area contributed by atoms with E-state index in [1.165, 1.54) is 0 Å². The molecule has 2 rings (SSSR count). The van der Waals surface area contributed by atoms with Gasteiger partial charge in [-0.1, -0.05) is 0 Å². The summed E-state index contributed by atoms with van der Waals surface area (Å²) >= 11 is 0. The minimum Gasteiger partial charge on any atom is -0.381 e. The molecule has 4 nitrogen and oxygen atoms in total. The second-order valence-electron chi connectivity index (χ2n) is 5.86. The fraction of sp³-hybridized carbons (Fsp3) is 0.929. The third-order valence-electron chi connectivity index (χ3n) is 4.49. The van der Waals surface area contributed by atoms with E-state index in [1.807, 2.05) is 0 Å². The molecule has 1 saturated heterocycles. The highest BCUT2D eigenvalue weighted by atomic mass is 16.5. The van der Waals surface area contributed by atoms with Crippen molar-refractivity contribution in [2.75, 3.05) is 13.2 Å². The second kappa shape index (κ2) is 6.53. The number of amides is 1. The van der Waals surface area contributed by atoms with E-state index in [0.717, 1.165) is 51.7 Å². The predicted octanol–water partition coefficient (Wildman–Crippen LogP) is 1.44. The van der Waals surface area contributed by atoms with Crippen molar-refractivity contribution in [1.29, 1.82) is 0 Å². The molecule has 1 unspecified atom stereocenters. The van der Waals surface area contributed by atoms with Crippen molar-refractivity contribution in [3.63, 3.8) is 0 Å². The Morgan fingerprint density at radius 1 is 1.17 bits per heavy atom. The molecule has 18 heavy (non-hydrogen) atoms. The van der Waals surface area contributed by atoms with Gasteiger partial charge in [0.15, 0.2) is 0 Å². The molecule has 2 fully saturated rings. The number of nitrogens with two attached hydrogens (primary N) is 1. The van der Waals surface area contributed by atoms with Crippen molar-refractivity contribution in [2.45, 2.75) is 57.5 Å². The Morgan fingerprint density at radius 3 is 2.39 bits per heavy atom. The van der Waals surface area contributed by atoms with E-state index in [9.17, 15) is 4.79 Å². The number of nitrogens with one attached hydrogen (secondary N) is 1. The Balaban J connectivity index is 1.75. The molecule has 0 spiro atoms. The minimum absolute atomic E-state index is 0.187. The Kier molecular flexibility index (Phi) is 5.01. The second-order valence-corrected chi connectivity index (χ2v) is 5.86. The van der Waals surface area contributed by atoms with Crippen LogP contribution in [0.4, 0.5) is 0 Å². The van der Waals surface area contributed by atoms with Gasteiger partial charge < -0.3 is 15.8 Å². The van der Waals surface area contributed by atoms with Crippen LogP contribution >= 0.6 is 0 Å². The zero-order valence-electron chi connectivity index (χ0n) is 11.4. The van der Waals surface area contributed by atoms with E-state index < -0.39 is 0 Å². The van der Waals surface area contributed by atoms with Gasteiger partial charge in [-0.15, -0.1) is 0 Å². The lowest BCUT2D eigenvalue weighted by Gasteiger charge is -2.31. The van der Waals surface area contributed by atoms with Gasteiger partial charge in [0.1, 0.15) is 0 Å². The molecular formula is C14H26N2O2. The molecule has 1 aliphatic heterocycles. The van der Waals surface area contributed by atoms with Crippen molar-refractivity contribution in [2.24, 2.45) is 17.6 Å². The lowest BCUT2D eigenvalue weighted by atomic mass is 9.85. The first-order valence-corrected chi connectivity index (χ1v) is 7.30. The highest BCUT2D eigenvalue weighted by molar-refractivity contribution is 5.79. The zero-order chi connectivity index (χ0) is 13.0. The van der Waals surface area contributed by atoms with Crippen molar-refractivity contribution in [3.8, 4) is 0 Å². The van der Waals surface area contributed by atoms with Gasteiger partial charge in [-0.25, -0.2) is 0 Å². The number of hydrogen-bond donors (Lipinski definition) is 2. The molecule has 1 saturated carbocycles. The summed E-state index contributed by atoms with van der Waals surface area (Å²) in [7, 11) is 0. The predicted molar refractivity (Wildman–Crippen MR) is 71.1 cm³/mol. The topological polar surface area (TPSA) is 64.4 Å². The number of carbonyl (C=O) groups excluding carboxylic acids is 1. The lowest BCUT2D eigenvalue weighted by Crippen LogP contribution is -2.44. The maximum Gasteiger partial charge on any atom is 0.223 e. The van der Waals surface area contributed by atoms with Crippen LogP contribution in [0.1, 0.15) is 45.4 Å². The van der Waals surface area contributed by atoms with Gasteiger partial charge >= 0.3 is 0 Å². The van der Waals surface area contributed by atoms with Gasteiger partial charge in [0, 0.05) is 31.2 Å². The summed E-state index contributed by atoms with van der Waals surface area (Å²) in [5.41, 5.74) is 5.87. The zero-order valence-corrected chi connectivity index (χ0v) is 11.4. The molecule has 1 heterocycles. The van der Waals surface area contributed by atoms with Crippen molar-refractivity contribution < 1.29 is 9.53 Å². The first-order valence-electron chi connectivity index (χ1n) is 7.30. The molecule has 0 aromatic carbocycles. The summed E-state index contributed by atoms with van der Waals surface area (Å²) in [5, 5.41) is 3.20. The smallest absolute Gasteiger partial charge is 0.223 e. The van der Waals surface area contributed by atoms with Crippen LogP contribution in [0.3, 0.4) is 0 Å². The van der Waals surface area contributed by atoms with E-state index in [4.69, 9.17) is 10.5 Å². The van der Waals surface area contributed by atoms with Gasteiger partial charge in [0.2, 0.25) is 5.91 Å². The Hall–Kier alpha value is -0.610. The summed E-state index contributed by atoms with van der Waals surface area (Å²) in [4.78, 5) is 12.2. The number of ether oxygens (including phenoxy) is 1. The van der Waals surface area contributed by atoms with Gasteiger partial charge in [0.05, 0.1) is 0 Å². The van der Waals surface area contributed by atoms with Crippen LogP contribution in [0.2, 0.25) is 0 Å². The third-order valence-corrected chi connectivity index (χ3v) is 4.49. The van der Waals surface area contributed by atoms with E-state index in [-0.39, 0.29) is 17.9 Å². The maximum atomic E-state index is 12.2. The maximum absolute atomic E-state index is 12.2. The van der Waals surface area contributed by atoms with Crippen LogP contribution in [-0.2, 0) is 9.53 Å². The Labute approximate surface area is 110 Å². The first-order chi connectivity index (χ1) is 8.66. The van der Waals surface area contributed by atoms with Gasteiger partial charge in [-0.3, -0.25) is 4.79 Å². The molecule has 0 aromatic rings. The average molecular weight is 254 g/mol. The number of rotatable bonds is 3. The quantitative estimate of drug-likeness (QED) is 0.801. The first kappa shape index (κ1) is 13.8. The van der Waals surface area contributed by atoms with E-state index in [1.54, 1.807) is 0 Å². The summed E-state index contributed by atoms with van der Waals surface area (Å²) in [6.07, 6.45) is 6.02.